The molecule has 0 saturated carbocycles. The predicted molar refractivity (Wildman–Crippen MR) is 80.2 cm³/mol. The molecule has 1 aliphatic rings. The topological polar surface area (TPSA) is 27.7 Å². The first kappa shape index (κ1) is 15.3. The Balaban J connectivity index is 2.42. The predicted octanol–water partition coefficient (Wildman–Crippen LogP) is 4.21. The molecule has 0 radical (unpaired) electrons. The Hall–Kier alpha value is -1.06. The van der Waals surface area contributed by atoms with Crippen molar-refractivity contribution in [2.24, 2.45) is 0 Å². The monoisotopic (exact) mass is 278 g/mol. The molecule has 20 heavy (non-hydrogen) atoms. The van der Waals surface area contributed by atoms with Gasteiger partial charge in [-0.3, -0.25) is 0 Å². The number of ether oxygens (including phenoxy) is 3. The summed E-state index contributed by atoms with van der Waals surface area (Å²) in [5, 5.41) is 0. The highest BCUT2D eigenvalue weighted by Crippen LogP contribution is 2.43. The molecule has 2 atom stereocenters. The van der Waals surface area contributed by atoms with Gasteiger partial charge in [-0.15, -0.1) is 0 Å². The number of rotatable bonds is 4. The van der Waals surface area contributed by atoms with Gasteiger partial charge in [-0.2, -0.15) is 0 Å². The van der Waals surface area contributed by atoms with Gasteiger partial charge in [-0.05, 0) is 19.3 Å². The molecule has 1 heterocycles. The molecule has 1 aliphatic heterocycles. The van der Waals surface area contributed by atoms with E-state index in [0.717, 1.165) is 17.7 Å². The summed E-state index contributed by atoms with van der Waals surface area (Å²) in [5.74, 6) is 0.947. The summed E-state index contributed by atoms with van der Waals surface area (Å²) in [7, 11) is 0. The second-order valence-electron chi connectivity index (χ2n) is 6.16. The van der Waals surface area contributed by atoms with Gasteiger partial charge in [0.05, 0.1) is 6.10 Å². The van der Waals surface area contributed by atoms with Gasteiger partial charge in [0.2, 0.25) is 6.29 Å². The molecule has 0 aliphatic carbocycles. The number of hydrogen-bond donors (Lipinski definition) is 0. The number of fused-ring (bicyclic) bond motifs is 1. The van der Waals surface area contributed by atoms with E-state index >= 15 is 0 Å². The Morgan fingerprint density at radius 2 is 1.85 bits per heavy atom. The molecular formula is C17H26O3. The lowest BCUT2D eigenvalue weighted by Crippen LogP contribution is -2.31. The van der Waals surface area contributed by atoms with E-state index in [0.29, 0.717) is 13.2 Å². The SMILES string of the molecule is CCOC1CC(OCC)c2cccc(C(C)(C)C)c2O1. The second kappa shape index (κ2) is 6.15. The van der Waals surface area contributed by atoms with Crippen LogP contribution in [-0.2, 0) is 14.9 Å². The molecule has 112 valence electrons. The molecule has 3 heteroatoms. The molecular weight excluding hydrogens is 252 g/mol. The molecule has 0 fully saturated rings. The van der Waals surface area contributed by atoms with Gasteiger partial charge in [0.25, 0.3) is 0 Å². The maximum atomic E-state index is 6.10. The normalized spacial score (nSPS) is 22.2. The van der Waals surface area contributed by atoms with Crippen LogP contribution in [0.15, 0.2) is 18.2 Å². The molecule has 0 N–H and O–H groups in total. The Bertz CT molecular complexity index is 448. The summed E-state index contributed by atoms with van der Waals surface area (Å²) in [6, 6.07) is 6.33. The van der Waals surface area contributed by atoms with Crippen molar-refractivity contribution >= 4 is 0 Å². The lowest BCUT2D eigenvalue weighted by atomic mass is 9.83. The number of hydrogen-bond acceptors (Lipinski definition) is 3. The van der Waals surface area contributed by atoms with E-state index in [-0.39, 0.29) is 17.8 Å². The Morgan fingerprint density at radius 3 is 2.45 bits per heavy atom. The van der Waals surface area contributed by atoms with Crippen LogP contribution in [0.2, 0.25) is 0 Å². The molecule has 1 aromatic carbocycles. The van der Waals surface area contributed by atoms with Crippen molar-refractivity contribution < 1.29 is 14.2 Å². The van der Waals surface area contributed by atoms with Crippen molar-refractivity contribution in [1.29, 1.82) is 0 Å². The third kappa shape index (κ3) is 3.15. The average Bonchev–Trinajstić information content (AvgIpc) is 2.37. The average molecular weight is 278 g/mol. The summed E-state index contributed by atoms with van der Waals surface area (Å²) < 4.78 is 17.7. The van der Waals surface area contributed by atoms with E-state index in [9.17, 15) is 0 Å². The van der Waals surface area contributed by atoms with Crippen LogP contribution in [0.4, 0.5) is 0 Å². The van der Waals surface area contributed by atoms with Gasteiger partial charge < -0.3 is 14.2 Å². The zero-order valence-corrected chi connectivity index (χ0v) is 13.2. The minimum Gasteiger partial charge on any atom is -0.464 e. The van der Waals surface area contributed by atoms with Gasteiger partial charge in [0, 0.05) is 30.8 Å². The molecule has 2 unspecified atom stereocenters. The van der Waals surface area contributed by atoms with Crippen LogP contribution in [0.5, 0.6) is 5.75 Å². The lowest BCUT2D eigenvalue weighted by Gasteiger charge is -2.35. The summed E-state index contributed by atoms with van der Waals surface area (Å²) in [4.78, 5) is 0. The Labute approximate surface area is 122 Å². The zero-order valence-electron chi connectivity index (χ0n) is 13.2. The van der Waals surface area contributed by atoms with Gasteiger partial charge >= 0.3 is 0 Å². The molecule has 2 rings (SSSR count). The molecule has 0 aromatic heterocycles. The van der Waals surface area contributed by atoms with E-state index in [2.05, 4.69) is 39.0 Å². The van der Waals surface area contributed by atoms with E-state index in [1.807, 2.05) is 13.8 Å². The molecule has 0 bridgehead atoms. The van der Waals surface area contributed by atoms with Crippen molar-refractivity contribution in [3.8, 4) is 5.75 Å². The first-order chi connectivity index (χ1) is 9.47. The van der Waals surface area contributed by atoms with Crippen LogP contribution in [0, 0.1) is 0 Å². The fraction of sp³-hybridized carbons (Fsp3) is 0.647. The minimum atomic E-state index is -0.215. The Morgan fingerprint density at radius 1 is 1.15 bits per heavy atom. The smallest absolute Gasteiger partial charge is 0.202 e. The van der Waals surface area contributed by atoms with Crippen molar-refractivity contribution in [2.45, 2.75) is 58.8 Å². The maximum absolute atomic E-state index is 6.10. The second-order valence-corrected chi connectivity index (χ2v) is 6.16. The summed E-state index contributed by atoms with van der Waals surface area (Å²) in [5.41, 5.74) is 2.40. The van der Waals surface area contributed by atoms with Crippen molar-refractivity contribution in [2.75, 3.05) is 13.2 Å². The fourth-order valence-corrected chi connectivity index (χ4v) is 2.66. The summed E-state index contributed by atoms with van der Waals surface area (Å²) in [6.07, 6.45) is 0.595. The first-order valence-electron chi connectivity index (χ1n) is 7.50. The molecule has 0 amide bonds. The third-order valence-corrected chi connectivity index (χ3v) is 3.58. The number of para-hydroxylation sites is 1. The lowest BCUT2D eigenvalue weighted by molar-refractivity contribution is -0.122. The Kier molecular flexibility index (Phi) is 4.71. The van der Waals surface area contributed by atoms with Crippen LogP contribution >= 0.6 is 0 Å². The van der Waals surface area contributed by atoms with Gasteiger partial charge in [-0.25, -0.2) is 0 Å². The van der Waals surface area contributed by atoms with Crippen LogP contribution < -0.4 is 4.74 Å². The van der Waals surface area contributed by atoms with Crippen LogP contribution in [0.3, 0.4) is 0 Å². The quantitative estimate of drug-likeness (QED) is 0.826. The van der Waals surface area contributed by atoms with Crippen molar-refractivity contribution in [1.82, 2.24) is 0 Å². The highest BCUT2D eigenvalue weighted by atomic mass is 16.7. The highest BCUT2D eigenvalue weighted by molar-refractivity contribution is 5.47. The fourth-order valence-electron chi connectivity index (χ4n) is 2.66. The molecule has 0 spiro atoms. The molecule has 0 saturated heterocycles. The summed E-state index contributed by atoms with van der Waals surface area (Å²) >= 11 is 0. The van der Waals surface area contributed by atoms with E-state index in [4.69, 9.17) is 14.2 Å². The first-order valence-corrected chi connectivity index (χ1v) is 7.50. The van der Waals surface area contributed by atoms with Gasteiger partial charge in [0.1, 0.15) is 5.75 Å². The maximum Gasteiger partial charge on any atom is 0.202 e. The van der Waals surface area contributed by atoms with Crippen LogP contribution in [-0.4, -0.2) is 19.5 Å². The summed E-state index contributed by atoms with van der Waals surface area (Å²) in [6.45, 7) is 12.0. The van der Waals surface area contributed by atoms with Crippen LogP contribution in [0.25, 0.3) is 0 Å². The van der Waals surface area contributed by atoms with Crippen LogP contribution in [0.1, 0.15) is 58.3 Å². The molecule has 1 aromatic rings. The highest BCUT2D eigenvalue weighted by Gasteiger charge is 2.33. The zero-order chi connectivity index (χ0) is 14.8. The van der Waals surface area contributed by atoms with Crippen molar-refractivity contribution in [3.05, 3.63) is 29.3 Å². The standard InChI is InChI=1S/C17H26O3/c1-6-18-14-11-15(19-7-2)20-16-12(14)9-8-10-13(16)17(3,4)5/h8-10,14-15H,6-7,11H2,1-5H3. The molecule has 3 nitrogen and oxygen atoms in total. The minimum absolute atomic E-state index is 0.0379. The third-order valence-electron chi connectivity index (χ3n) is 3.58. The van der Waals surface area contributed by atoms with E-state index < -0.39 is 0 Å². The van der Waals surface area contributed by atoms with Gasteiger partial charge in [0.15, 0.2) is 0 Å². The van der Waals surface area contributed by atoms with Gasteiger partial charge in [-0.1, -0.05) is 39.0 Å². The van der Waals surface area contributed by atoms with Crippen molar-refractivity contribution in [3.63, 3.8) is 0 Å². The number of benzene rings is 1. The van der Waals surface area contributed by atoms with E-state index in [1.165, 1.54) is 5.56 Å². The van der Waals surface area contributed by atoms with E-state index in [1.54, 1.807) is 0 Å². The largest absolute Gasteiger partial charge is 0.464 e.